The first-order valence-corrected chi connectivity index (χ1v) is 8.24. The van der Waals surface area contributed by atoms with E-state index in [1.165, 1.54) is 11.1 Å². The molecule has 23 heavy (non-hydrogen) atoms. The molecule has 1 saturated heterocycles. The van der Waals surface area contributed by atoms with Gasteiger partial charge in [-0.1, -0.05) is 44.2 Å². The topological polar surface area (TPSA) is 34.6 Å². The second kappa shape index (κ2) is 7.68. The standard InChI is InChI=1S/C19H24N2O2/c1-15(2)18-4-3-9-20-19(18)17-7-5-16(6-8-17)14-23-21-10-12-22-13-11-21/h3-9,15H,10-14H2,1-2H3. The minimum Gasteiger partial charge on any atom is -0.379 e. The zero-order chi connectivity index (χ0) is 16.1. The van der Waals surface area contributed by atoms with E-state index in [0.717, 1.165) is 37.6 Å². The monoisotopic (exact) mass is 312 g/mol. The number of rotatable bonds is 5. The highest BCUT2D eigenvalue weighted by Gasteiger charge is 2.12. The molecule has 0 atom stereocenters. The molecule has 0 saturated carbocycles. The van der Waals surface area contributed by atoms with E-state index in [1.54, 1.807) is 0 Å². The maximum absolute atomic E-state index is 5.81. The van der Waals surface area contributed by atoms with Crippen molar-refractivity contribution < 1.29 is 9.57 Å². The summed E-state index contributed by atoms with van der Waals surface area (Å²) in [4.78, 5) is 10.4. The molecule has 0 radical (unpaired) electrons. The number of benzene rings is 1. The zero-order valence-corrected chi connectivity index (χ0v) is 13.9. The average Bonchev–Trinajstić information content (AvgIpc) is 2.61. The summed E-state index contributed by atoms with van der Waals surface area (Å²) < 4.78 is 5.32. The molecule has 1 aliphatic rings. The fourth-order valence-corrected chi connectivity index (χ4v) is 2.73. The van der Waals surface area contributed by atoms with Gasteiger partial charge in [0.25, 0.3) is 0 Å². The lowest BCUT2D eigenvalue weighted by Gasteiger charge is -2.25. The first kappa shape index (κ1) is 16.1. The van der Waals surface area contributed by atoms with Crippen LogP contribution in [0, 0.1) is 0 Å². The average molecular weight is 312 g/mol. The van der Waals surface area contributed by atoms with E-state index in [4.69, 9.17) is 9.57 Å². The third kappa shape index (κ3) is 4.16. The quantitative estimate of drug-likeness (QED) is 0.844. The Hall–Kier alpha value is -1.75. The number of hydrogen-bond donors (Lipinski definition) is 0. The number of ether oxygens (including phenoxy) is 1. The zero-order valence-electron chi connectivity index (χ0n) is 13.9. The molecule has 1 aromatic carbocycles. The van der Waals surface area contributed by atoms with E-state index >= 15 is 0 Å². The fourth-order valence-electron chi connectivity index (χ4n) is 2.73. The summed E-state index contributed by atoms with van der Waals surface area (Å²) in [7, 11) is 0. The number of morpholine rings is 1. The molecule has 0 aliphatic carbocycles. The molecule has 0 spiro atoms. The van der Waals surface area contributed by atoms with Crippen LogP contribution in [0.4, 0.5) is 0 Å². The minimum absolute atomic E-state index is 0.461. The van der Waals surface area contributed by atoms with E-state index in [1.807, 2.05) is 17.3 Å². The second-order valence-electron chi connectivity index (χ2n) is 6.11. The lowest BCUT2D eigenvalue weighted by molar-refractivity contribution is -0.202. The highest BCUT2D eigenvalue weighted by Crippen LogP contribution is 2.27. The second-order valence-corrected chi connectivity index (χ2v) is 6.11. The highest BCUT2D eigenvalue weighted by atomic mass is 16.7. The molecule has 3 rings (SSSR count). The van der Waals surface area contributed by atoms with Crippen LogP contribution in [0.1, 0.15) is 30.9 Å². The van der Waals surface area contributed by atoms with E-state index in [0.29, 0.717) is 12.5 Å². The Balaban J connectivity index is 1.67. The Bertz CT molecular complexity index is 620. The van der Waals surface area contributed by atoms with Crippen molar-refractivity contribution in [1.29, 1.82) is 0 Å². The van der Waals surface area contributed by atoms with Crippen LogP contribution in [-0.4, -0.2) is 36.4 Å². The lowest BCUT2D eigenvalue weighted by atomic mass is 9.97. The lowest BCUT2D eigenvalue weighted by Crippen LogP contribution is -2.36. The summed E-state index contributed by atoms with van der Waals surface area (Å²) in [6, 6.07) is 12.7. The van der Waals surface area contributed by atoms with Crippen molar-refractivity contribution in [3.05, 3.63) is 53.7 Å². The van der Waals surface area contributed by atoms with Crippen LogP contribution in [-0.2, 0) is 16.2 Å². The van der Waals surface area contributed by atoms with Crippen molar-refractivity contribution in [3.63, 3.8) is 0 Å². The molecular formula is C19H24N2O2. The van der Waals surface area contributed by atoms with E-state index in [-0.39, 0.29) is 0 Å². The largest absolute Gasteiger partial charge is 0.379 e. The first-order chi connectivity index (χ1) is 11.2. The van der Waals surface area contributed by atoms with Gasteiger partial charge in [-0.15, -0.1) is 0 Å². The van der Waals surface area contributed by atoms with Crippen LogP contribution in [0.5, 0.6) is 0 Å². The van der Waals surface area contributed by atoms with Gasteiger partial charge in [-0.2, -0.15) is 5.06 Å². The Morgan fingerprint density at radius 1 is 1.13 bits per heavy atom. The normalized spacial score (nSPS) is 16.0. The van der Waals surface area contributed by atoms with Crippen LogP contribution < -0.4 is 0 Å². The van der Waals surface area contributed by atoms with Crippen molar-refractivity contribution in [1.82, 2.24) is 10.0 Å². The Morgan fingerprint density at radius 2 is 1.87 bits per heavy atom. The highest BCUT2D eigenvalue weighted by molar-refractivity contribution is 5.63. The van der Waals surface area contributed by atoms with Gasteiger partial charge in [0.2, 0.25) is 0 Å². The molecule has 4 nitrogen and oxygen atoms in total. The van der Waals surface area contributed by atoms with Crippen molar-refractivity contribution in [2.45, 2.75) is 26.4 Å². The van der Waals surface area contributed by atoms with Gasteiger partial charge in [0.1, 0.15) is 0 Å². The van der Waals surface area contributed by atoms with Gasteiger partial charge >= 0.3 is 0 Å². The molecular weight excluding hydrogens is 288 g/mol. The van der Waals surface area contributed by atoms with Crippen molar-refractivity contribution in [2.24, 2.45) is 0 Å². The SMILES string of the molecule is CC(C)c1cccnc1-c1ccc(CON2CCOCC2)cc1. The number of pyridine rings is 1. The maximum atomic E-state index is 5.81. The summed E-state index contributed by atoms with van der Waals surface area (Å²) in [5.74, 6) is 0.461. The molecule has 0 unspecified atom stereocenters. The van der Waals surface area contributed by atoms with E-state index in [2.05, 4.69) is 49.2 Å². The molecule has 4 heteroatoms. The molecule has 0 bridgehead atoms. The predicted octanol–water partition coefficient (Wildman–Crippen LogP) is 3.64. The van der Waals surface area contributed by atoms with Gasteiger partial charge < -0.3 is 4.74 Å². The molecule has 0 N–H and O–H groups in total. The molecule has 2 heterocycles. The van der Waals surface area contributed by atoms with Crippen LogP contribution in [0.3, 0.4) is 0 Å². The Kier molecular flexibility index (Phi) is 5.39. The maximum Gasteiger partial charge on any atom is 0.0935 e. The van der Waals surface area contributed by atoms with Crippen molar-refractivity contribution in [3.8, 4) is 11.3 Å². The number of aromatic nitrogens is 1. The van der Waals surface area contributed by atoms with Gasteiger partial charge in [-0.25, -0.2) is 0 Å². The predicted molar refractivity (Wildman–Crippen MR) is 90.9 cm³/mol. The first-order valence-electron chi connectivity index (χ1n) is 8.24. The van der Waals surface area contributed by atoms with Crippen molar-refractivity contribution >= 4 is 0 Å². The summed E-state index contributed by atoms with van der Waals surface area (Å²) in [5.41, 5.74) is 4.68. The third-order valence-corrected chi connectivity index (χ3v) is 4.07. The summed E-state index contributed by atoms with van der Waals surface area (Å²) >= 11 is 0. The summed E-state index contributed by atoms with van der Waals surface area (Å²) in [6.07, 6.45) is 1.86. The molecule has 1 fully saturated rings. The molecule has 0 amide bonds. The van der Waals surface area contributed by atoms with Gasteiger partial charge in [-0.3, -0.25) is 9.82 Å². The third-order valence-electron chi connectivity index (χ3n) is 4.07. The molecule has 122 valence electrons. The van der Waals surface area contributed by atoms with Crippen LogP contribution in [0.2, 0.25) is 0 Å². The minimum atomic E-state index is 0.461. The van der Waals surface area contributed by atoms with Crippen LogP contribution in [0.15, 0.2) is 42.6 Å². The molecule has 1 aliphatic heterocycles. The number of hydroxylamine groups is 2. The summed E-state index contributed by atoms with van der Waals surface area (Å²) in [6.45, 7) is 8.16. The Labute approximate surface area is 138 Å². The molecule has 1 aromatic heterocycles. The van der Waals surface area contributed by atoms with E-state index < -0.39 is 0 Å². The van der Waals surface area contributed by atoms with Crippen LogP contribution in [0.25, 0.3) is 11.3 Å². The van der Waals surface area contributed by atoms with Gasteiger partial charge in [0.15, 0.2) is 0 Å². The Morgan fingerprint density at radius 3 is 2.57 bits per heavy atom. The van der Waals surface area contributed by atoms with Gasteiger partial charge in [0.05, 0.1) is 25.5 Å². The summed E-state index contributed by atoms with van der Waals surface area (Å²) in [5, 5.41) is 1.98. The van der Waals surface area contributed by atoms with Crippen LogP contribution >= 0.6 is 0 Å². The van der Waals surface area contributed by atoms with Gasteiger partial charge in [0, 0.05) is 24.8 Å². The van der Waals surface area contributed by atoms with E-state index in [9.17, 15) is 0 Å². The molecule has 2 aromatic rings. The number of hydrogen-bond acceptors (Lipinski definition) is 4. The van der Waals surface area contributed by atoms with Gasteiger partial charge in [-0.05, 0) is 23.1 Å². The van der Waals surface area contributed by atoms with Crippen molar-refractivity contribution in [2.75, 3.05) is 26.3 Å². The number of nitrogens with zero attached hydrogens (tertiary/aromatic N) is 2. The smallest absolute Gasteiger partial charge is 0.0935 e. The fraction of sp³-hybridized carbons (Fsp3) is 0.421.